The van der Waals surface area contributed by atoms with Crippen molar-refractivity contribution in [3.05, 3.63) is 23.9 Å². The second-order valence-electron chi connectivity index (χ2n) is 6.58. The Kier molecular flexibility index (Phi) is 4.88. The maximum Gasteiger partial charge on any atom is 0.488 e. The van der Waals surface area contributed by atoms with Gasteiger partial charge in [-0.1, -0.05) is 31.8 Å². The highest BCUT2D eigenvalue weighted by molar-refractivity contribution is 6.76. The van der Waals surface area contributed by atoms with Crippen LogP contribution in [0.2, 0.25) is 25.7 Å². The van der Waals surface area contributed by atoms with Crippen molar-refractivity contribution in [3.8, 4) is 0 Å². The Morgan fingerprint density at radius 2 is 2.00 bits per heavy atom. The molecule has 0 fully saturated rings. The highest BCUT2D eigenvalue weighted by atomic mass is 28.3. The summed E-state index contributed by atoms with van der Waals surface area (Å²) in [5.41, 5.74) is 2.29. The molecule has 0 amide bonds. The van der Waals surface area contributed by atoms with Crippen molar-refractivity contribution in [1.29, 1.82) is 0 Å². The number of hydrogen-bond donors (Lipinski definition) is 2. The maximum atomic E-state index is 9.24. The molecular formula is C14H23BN2O3Si. The van der Waals surface area contributed by atoms with Gasteiger partial charge < -0.3 is 14.8 Å². The summed E-state index contributed by atoms with van der Waals surface area (Å²) in [6, 6.07) is 6.45. The molecule has 1 heterocycles. The molecule has 0 aliphatic carbocycles. The summed E-state index contributed by atoms with van der Waals surface area (Å²) in [5, 5.41) is 23.9. The van der Waals surface area contributed by atoms with E-state index in [0.29, 0.717) is 12.2 Å². The molecule has 0 saturated carbocycles. The van der Waals surface area contributed by atoms with E-state index in [9.17, 15) is 10.0 Å². The van der Waals surface area contributed by atoms with Crippen molar-refractivity contribution in [1.82, 2.24) is 9.78 Å². The van der Waals surface area contributed by atoms with Gasteiger partial charge in [-0.25, -0.2) is 4.68 Å². The van der Waals surface area contributed by atoms with Crippen molar-refractivity contribution in [3.63, 3.8) is 0 Å². The molecule has 2 rings (SSSR count). The average molecular weight is 306 g/mol. The van der Waals surface area contributed by atoms with Crippen molar-refractivity contribution in [2.45, 2.75) is 39.3 Å². The molecule has 0 unspecified atom stereocenters. The summed E-state index contributed by atoms with van der Waals surface area (Å²) < 4.78 is 7.55. The second kappa shape index (κ2) is 6.31. The highest BCUT2D eigenvalue weighted by Gasteiger charge is 2.15. The SMILES string of the molecule is Cc1nn(COCC[Si](C)(C)C)c2ccc(B(O)O)cc12. The maximum absolute atomic E-state index is 9.24. The fourth-order valence-electron chi connectivity index (χ4n) is 2.15. The largest absolute Gasteiger partial charge is 0.488 e. The monoisotopic (exact) mass is 306 g/mol. The Morgan fingerprint density at radius 1 is 1.29 bits per heavy atom. The highest BCUT2D eigenvalue weighted by Crippen LogP contribution is 2.17. The van der Waals surface area contributed by atoms with Crippen LogP contribution in [0.3, 0.4) is 0 Å². The average Bonchev–Trinajstić information content (AvgIpc) is 2.70. The molecule has 0 bridgehead atoms. The third-order valence-corrected chi connectivity index (χ3v) is 5.17. The molecule has 0 radical (unpaired) electrons. The van der Waals surface area contributed by atoms with E-state index in [0.717, 1.165) is 29.2 Å². The Bertz CT molecular complexity index is 622. The molecule has 2 aromatic rings. The van der Waals surface area contributed by atoms with Crippen molar-refractivity contribution < 1.29 is 14.8 Å². The first-order valence-electron chi connectivity index (χ1n) is 7.19. The van der Waals surface area contributed by atoms with E-state index in [-0.39, 0.29) is 0 Å². The Labute approximate surface area is 126 Å². The minimum Gasteiger partial charge on any atom is -0.423 e. The minimum absolute atomic E-state index is 0.426. The minimum atomic E-state index is -1.45. The third kappa shape index (κ3) is 4.17. The first-order valence-corrected chi connectivity index (χ1v) is 10.9. The topological polar surface area (TPSA) is 67.5 Å². The normalized spacial score (nSPS) is 12.1. The first-order chi connectivity index (χ1) is 9.78. The summed E-state index contributed by atoms with van der Waals surface area (Å²) >= 11 is 0. The van der Waals surface area contributed by atoms with Gasteiger partial charge in [-0.15, -0.1) is 0 Å². The Balaban J connectivity index is 2.11. The van der Waals surface area contributed by atoms with Crippen LogP contribution in [-0.4, -0.2) is 41.6 Å². The molecule has 21 heavy (non-hydrogen) atoms. The van der Waals surface area contributed by atoms with Gasteiger partial charge in [0.25, 0.3) is 0 Å². The quantitative estimate of drug-likeness (QED) is 0.624. The Hall–Kier alpha value is -1.15. The molecule has 114 valence electrons. The number of fused-ring (bicyclic) bond motifs is 1. The molecule has 5 nitrogen and oxygen atoms in total. The van der Waals surface area contributed by atoms with E-state index in [4.69, 9.17) is 4.74 Å². The summed E-state index contributed by atoms with van der Waals surface area (Å²) in [6.07, 6.45) is 0. The first kappa shape index (κ1) is 16.2. The predicted octanol–water partition coefficient (Wildman–Crippen LogP) is 1.34. The lowest BCUT2D eigenvalue weighted by molar-refractivity contribution is 0.0815. The number of aryl methyl sites for hydroxylation is 1. The molecule has 2 N–H and O–H groups in total. The van der Waals surface area contributed by atoms with Gasteiger partial charge in [-0.2, -0.15) is 5.10 Å². The van der Waals surface area contributed by atoms with Crippen LogP contribution in [0.25, 0.3) is 10.9 Å². The summed E-state index contributed by atoms with van der Waals surface area (Å²) in [7, 11) is -2.53. The third-order valence-electron chi connectivity index (χ3n) is 3.47. The molecule has 7 heteroatoms. The van der Waals surface area contributed by atoms with E-state index in [2.05, 4.69) is 24.7 Å². The molecule has 0 atom stereocenters. The van der Waals surface area contributed by atoms with Crippen LogP contribution >= 0.6 is 0 Å². The van der Waals surface area contributed by atoms with E-state index >= 15 is 0 Å². The predicted molar refractivity (Wildman–Crippen MR) is 88.4 cm³/mol. The van der Waals surface area contributed by atoms with Crippen LogP contribution in [0, 0.1) is 6.92 Å². The van der Waals surface area contributed by atoms with E-state index in [1.165, 1.54) is 0 Å². The smallest absolute Gasteiger partial charge is 0.423 e. The molecule has 1 aromatic carbocycles. The van der Waals surface area contributed by atoms with Crippen molar-refractivity contribution in [2.75, 3.05) is 6.61 Å². The van der Waals surface area contributed by atoms with Gasteiger partial charge >= 0.3 is 7.12 Å². The molecule has 0 aliphatic heterocycles. The standard InChI is InChI=1S/C14H23BN2O3Si/c1-11-13-9-12(15(18)19)5-6-14(13)17(16-11)10-20-7-8-21(2,3)4/h5-6,9,18-19H,7-8,10H2,1-4H3. The van der Waals surface area contributed by atoms with Crippen LogP contribution < -0.4 is 5.46 Å². The zero-order valence-corrected chi connectivity index (χ0v) is 14.1. The summed E-state index contributed by atoms with van der Waals surface area (Å²) in [6.45, 7) is 10.1. The second-order valence-corrected chi connectivity index (χ2v) is 12.2. The Morgan fingerprint density at radius 3 is 2.62 bits per heavy atom. The van der Waals surface area contributed by atoms with E-state index in [1.54, 1.807) is 12.1 Å². The lowest BCUT2D eigenvalue weighted by Gasteiger charge is -2.15. The van der Waals surface area contributed by atoms with Crippen LogP contribution in [-0.2, 0) is 11.5 Å². The van der Waals surface area contributed by atoms with Gasteiger partial charge in [0, 0.05) is 20.1 Å². The van der Waals surface area contributed by atoms with Crippen LogP contribution in [0.15, 0.2) is 18.2 Å². The number of rotatable bonds is 6. The number of nitrogens with zero attached hydrogens (tertiary/aromatic N) is 2. The lowest BCUT2D eigenvalue weighted by atomic mass is 9.80. The summed E-state index contributed by atoms with van der Waals surface area (Å²) in [4.78, 5) is 0. The van der Waals surface area contributed by atoms with Gasteiger partial charge in [-0.05, 0) is 24.5 Å². The fraction of sp³-hybridized carbons (Fsp3) is 0.500. The van der Waals surface area contributed by atoms with Gasteiger partial charge in [0.1, 0.15) is 6.73 Å². The number of hydrogen-bond acceptors (Lipinski definition) is 4. The van der Waals surface area contributed by atoms with Crippen molar-refractivity contribution in [2.24, 2.45) is 0 Å². The van der Waals surface area contributed by atoms with Gasteiger partial charge in [0.05, 0.1) is 11.2 Å². The number of aromatic nitrogens is 2. The molecule has 1 aromatic heterocycles. The van der Waals surface area contributed by atoms with Crippen LogP contribution in [0.1, 0.15) is 5.69 Å². The number of ether oxygens (including phenoxy) is 1. The van der Waals surface area contributed by atoms with Crippen molar-refractivity contribution >= 4 is 31.6 Å². The van der Waals surface area contributed by atoms with Crippen LogP contribution in [0.4, 0.5) is 0 Å². The van der Waals surface area contributed by atoms with Gasteiger partial charge in [0.2, 0.25) is 0 Å². The molecule has 0 aliphatic rings. The molecule has 0 saturated heterocycles. The van der Waals surface area contributed by atoms with E-state index in [1.807, 2.05) is 17.7 Å². The van der Waals surface area contributed by atoms with E-state index < -0.39 is 15.2 Å². The fourth-order valence-corrected chi connectivity index (χ4v) is 2.90. The van der Waals surface area contributed by atoms with Gasteiger partial charge in [0.15, 0.2) is 0 Å². The molecule has 0 spiro atoms. The number of benzene rings is 1. The summed E-state index contributed by atoms with van der Waals surface area (Å²) in [5.74, 6) is 0. The zero-order valence-electron chi connectivity index (χ0n) is 13.1. The molecular weight excluding hydrogens is 283 g/mol. The van der Waals surface area contributed by atoms with Gasteiger partial charge in [-0.3, -0.25) is 0 Å². The lowest BCUT2D eigenvalue weighted by Crippen LogP contribution is -2.29. The van der Waals surface area contributed by atoms with Crippen LogP contribution in [0.5, 0.6) is 0 Å². The zero-order chi connectivity index (χ0) is 15.6.